The molecule has 0 heterocycles. The van der Waals surface area contributed by atoms with Crippen molar-refractivity contribution in [3.05, 3.63) is 0 Å². The van der Waals surface area contributed by atoms with E-state index in [1.165, 1.54) is 385 Å². The highest BCUT2D eigenvalue weighted by Crippen LogP contribution is 2.38. The van der Waals surface area contributed by atoms with Gasteiger partial charge in [-0.25, -0.2) is 0 Å². The minimum absolute atomic E-state index is 0.0172. The summed E-state index contributed by atoms with van der Waals surface area (Å²) in [6.45, 7) is 4.81. The van der Waals surface area contributed by atoms with Crippen molar-refractivity contribution < 1.29 is 32.9 Å². The Morgan fingerprint density at radius 1 is 0.352 bits per heavy atom. The summed E-state index contributed by atoms with van der Waals surface area (Å²) in [5.74, 6) is -0.152. The van der Waals surface area contributed by atoms with Crippen molar-refractivity contribution in [3.63, 3.8) is 0 Å². The molecule has 3 unspecified atom stereocenters. The van der Waals surface area contributed by atoms with E-state index in [9.17, 15) is 19.4 Å². The van der Waals surface area contributed by atoms with Gasteiger partial charge in [-0.1, -0.05) is 431 Å². The molecule has 0 saturated carbocycles. The molecule has 1 amide bonds. The normalized spacial score (nSPS) is 13.4. The lowest BCUT2D eigenvalue weighted by molar-refractivity contribution is -0.870. The summed E-state index contributed by atoms with van der Waals surface area (Å²) in [6.07, 6.45) is 90.9. The maximum Gasteiger partial charge on any atom is 0.268 e. The van der Waals surface area contributed by atoms with Gasteiger partial charge in [0.1, 0.15) is 13.2 Å². The lowest BCUT2D eigenvalue weighted by atomic mass is 10.0. The Labute approximate surface area is 552 Å². The van der Waals surface area contributed by atoms with Gasteiger partial charge in [-0.3, -0.25) is 9.36 Å². The summed E-state index contributed by atoms with van der Waals surface area (Å²) in [4.78, 5) is 25.7. The van der Waals surface area contributed by atoms with E-state index < -0.39 is 20.0 Å². The van der Waals surface area contributed by atoms with Crippen molar-refractivity contribution in [3.8, 4) is 0 Å². The van der Waals surface area contributed by atoms with Crippen LogP contribution in [-0.2, 0) is 18.4 Å². The van der Waals surface area contributed by atoms with E-state index in [-0.39, 0.29) is 19.1 Å². The van der Waals surface area contributed by atoms with Crippen molar-refractivity contribution in [1.82, 2.24) is 5.32 Å². The van der Waals surface area contributed by atoms with Gasteiger partial charge in [-0.2, -0.15) is 0 Å². The fourth-order valence-corrected chi connectivity index (χ4v) is 13.8. The van der Waals surface area contributed by atoms with Crippen LogP contribution < -0.4 is 10.2 Å². The number of likely N-dealkylation sites (N-methyl/N-ethyl adjacent to an activating group) is 1. The highest BCUT2D eigenvalue weighted by Gasteiger charge is 2.24. The number of carbonyl (C=O) groups excluding carboxylic acids is 1. The van der Waals surface area contributed by atoms with Crippen LogP contribution in [0.25, 0.3) is 0 Å². The van der Waals surface area contributed by atoms with Crippen molar-refractivity contribution in [2.75, 3.05) is 40.9 Å². The van der Waals surface area contributed by atoms with Crippen LogP contribution in [-0.4, -0.2) is 68.5 Å². The Hall–Kier alpha value is -0.500. The summed E-state index contributed by atoms with van der Waals surface area (Å²) >= 11 is 0. The summed E-state index contributed by atoms with van der Waals surface area (Å²) in [5.41, 5.74) is 0. The summed E-state index contributed by atoms with van der Waals surface area (Å²) in [5, 5.41) is 14.2. The Kier molecular flexibility index (Phi) is 70.4. The highest BCUT2D eigenvalue weighted by molar-refractivity contribution is 7.45. The third kappa shape index (κ3) is 72.9. The second-order valence-corrected chi connectivity index (χ2v) is 30.9. The average Bonchev–Trinajstić information content (AvgIpc) is 3.70. The van der Waals surface area contributed by atoms with Gasteiger partial charge >= 0.3 is 0 Å². The van der Waals surface area contributed by atoms with E-state index in [0.717, 1.165) is 38.5 Å². The first kappa shape index (κ1) is 87.5. The molecule has 2 N–H and O–H groups in total. The Balaban J connectivity index is 3.88. The minimum Gasteiger partial charge on any atom is -0.756 e. The zero-order chi connectivity index (χ0) is 64.1. The van der Waals surface area contributed by atoms with Gasteiger partial charge in [0.05, 0.1) is 39.9 Å². The van der Waals surface area contributed by atoms with Crippen molar-refractivity contribution in [2.24, 2.45) is 0 Å². The number of phosphoric acid groups is 1. The van der Waals surface area contributed by atoms with Crippen molar-refractivity contribution in [2.45, 2.75) is 463 Å². The first-order chi connectivity index (χ1) is 43.0. The number of aliphatic hydroxyl groups is 1. The van der Waals surface area contributed by atoms with Crippen LogP contribution in [0.4, 0.5) is 0 Å². The molecule has 0 spiro atoms. The molecule has 8 nitrogen and oxygen atoms in total. The number of unbranched alkanes of at least 4 members (excludes halogenated alkanes) is 64. The number of carbonyl (C=O) groups is 1. The van der Waals surface area contributed by atoms with E-state index in [4.69, 9.17) is 9.05 Å². The molecule has 0 aromatic carbocycles. The molecule has 0 aliphatic carbocycles. The minimum atomic E-state index is -4.58. The van der Waals surface area contributed by atoms with Crippen LogP contribution >= 0.6 is 7.82 Å². The molecule has 0 radical (unpaired) electrons. The molecular weight excluding hydrogens is 1100 g/mol. The molecule has 0 aliphatic rings. The zero-order valence-corrected chi connectivity index (χ0v) is 61.6. The number of nitrogens with zero attached hydrogens (tertiary/aromatic N) is 1. The number of phosphoric ester groups is 1. The van der Waals surface area contributed by atoms with Gasteiger partial charge in [-0.05, 0) is 12.8 Å². The summed E-state index contributed by atoms with van der Waals surface area (Å²) < 4.78 is 23.6. The molecule has 0 aromatic rings. The molecule has 3 atom stereocenters. The average molecular weight is 1270 g/mol. The summed E-state index contributed by atoms with van der Waals surface area (Å²) in [6, 6.07) is -0.798. The Bertz CT molecular complexity index is 1390. The van der Waals surface area contributed by atoms with Gasteiger partial charge in [0.15, 0.2) is 0 Å². The van der Waals surface area contributed by atoms with Crippen LogP contribution in [0.1, 0.15) is 450 Å². The van der Waals surface area contributed by atoms with Crippen molar-refractivity contribution >= 4 is 13.7 Å². The predicted molar refractivity (Wildman–Crippen MR) is 386 cm³/mol. The maximum absolute atomic E-state index is 13.1. The number of nitrogens with one attached hydrogen (secondary N) is 1. The molecule has 0 aliphatic heterocycles. The van der Waals surface area contributed by atoms with E-state index >= 15 is 0 Å². The molecule has 0 fully saturated rings. The fraction of sp³-hybridized carbons (Fsp3) is 0.987. The van der Waals surface area contributed by atoms with Crippen LogP contribution in [0.15, 0.2) is 0 Å². The van der Waals surface area contributed by atoms with E-state index in [2.05, 4.69) is 19.2 Å². The first-order valence-corrected chi connectivity index (χ1v) is 41.8. The van der Waals surface area contributed by atoms with Gasteiger partial charge in [0.25, 0.3) is 7.82 Å². The number of amides is 1. The van der Waals surface area contributed by atoms with Crippen LogP contribution in [0.5, 0.6) is 0 Å². The standard InChI is InChI=1S/C79H161N2O6P/c1-6-8-10-12-14-16-18-20-22-24-26-28-30-32-34-36-38-39-40-41-42-43-45-47-49-51-53-55-57-59-61-63-65-67-69-71-73-79(83)80-77(76-87-88(84,85)86-75-74-81(3,4)5)78(82)72-70-68-66-64-62-60-58-56-54-52-50-48-46-44-37-35-33-31-29-27-25-23-21-19-17-15-13-11-9-7-2/h77-78,82H,6-76H2,1-5H3,(H-,80,83,84,85). The molecule has 9 heteroatoms. The zero-order valence-electron chi connectivity index (χ0n) is 60.7. The topological polar surface area (TPSA) is 108 Å². The number of hydrogen-bond donors (Lipinski definition) is 2. The first-order valence-electron chi connectivity index (χ1n) is 40.4. The molecule has 528 valence electrons. The number of hydrogen-bond acceptors (Lipinski definition) is 6. The third-order valence-corrected chi connectivity index (χ3v) is 20.3. The van der Waals surface area contributed by atoms with Gasteiger partial charge in [0, 0.05) is 6.42 Å². The van der Waals surface area contributed by atoms with E-state index in [1.54, 1.807) is 0 Å². The quantitative estimate of drug-likeness (QED) is 0.0357. The van der Waals surface area contributed by atoms with E-state index in [1.807, 2.05) is 21.1 Å². The monoisotopic (exact) mass is 1270 g/mol. The lowest BCUT2D eigenvalue weighted by Crippen LogP contribution is -2.46. The second-order valence-electron chi connectivity index (χ2n) is 29.5. The summed E-state index contributed by atoms with van der Waals surface area (Å²) in [7, 11) is 1.34. The SMILES string of the molecule is CCCCCCCCCCCCCCCCCCCCCCCCCCCCCCCCCCCCCCC(=O)NC(COP(=O)([O-])OCC[N+](C)(C)C)C(O)CCCCCCCCCCCCCCCCCCCCCCCCCCCCCCCC. The lowest BCUT2D eigenvalue weighted by Gasteiger charge is -2.30. The Morgan fingerprint density at radius 3 is 0.773 bits per heavy atom. The van der Waals surface area contributed by atoms with Gasteiger partial charge in [-0.15, -0.1) is 0 Å². The molecule has 88 heavy (non-hydrogen) atoms. The molecule has 0 bridgehead atoms. The number of aliphatic hydroxyl groups excluding tert-OH is 1. The van der Waals surface area contributed by atoms with Crippen molar-refractivity contribution in [1.29, 1.82) is 0 Å². The Morgan fingerprint density at radius 2 is 0.557 bits per heavy atom. The van der Waals surface area contributed by atoms with Gasteiger partial charge in [0.2, 0.25) is 5.91 Å². The van der Waals surface area contributed by atoms with Gasteiger partial charge < -0.3 is 28.8 Å². The molecule has 0 aromatic heterocycles. The second kappa shape index (κ2) is 70.8. The highest BCUT2D eigenvalue weighted by atomic mass is 31.2. The maximum atomic E-state index is 13.1. The van der Waals surface area contributed by atoms with Crippen LogP contribution in [0, 0.1) is 0 Å². The molecular formula is C79H161N2O6P. The smallest absolute Gasteiger partial charge is 0.268 e. The van der Waals surface area contributed by atoms with E-state index in [0.29, 0.717) is 23.9 Å². The number of quaternary nitrogens is 1. The number of rotatable bonds is 77. The third-order valence-electron chi connectivity index (χ3n) is 19.3. The molecule has 0 saturated heterocycles. The predicted octanol–water partition coefficient (Wildman–Crippen LogP) is 25.6. The van der Waals surface area contributed by atoms with Crippen LogP contribution in [0.3, 0.4) is 0 Å². The fourth-order valence-electron chi connectivity index (χ4n) is 13.1. The molecule has 0 rings (SSSR count). The van der Waals surface area contributed by atoms with Crippen LogP contribution in [0.2, 0.25) is 0 Å². The largest absolute Gasteiger partial charge is 0.756 e.